The minimum absolute atomic E-state index is 0.00812. The SMILES string of the molecule is CC(C)(C)OC(=O)NCCN(c1cccnc1NCCNc1ccc(Cl)cc1)S(=O)(=O)c1ccc(Cl)cc1. The summed E-state index contributed by atoms with van der Waals surface area (Å²) in [6, 6.07) is 16.5. The number of nitrogens with zero attached hydrogens (tertiary/aromatic N) is 2. The van der Waals surface area contributed by atoms with E-state index in [1.54, 1.807) is 51.2 Å². The van der Waals surface area contributed by atoms with E-state index in [9.17, 15) is 13.2 Å². The zero-order valence-corrected chi connectivity index (χ0v) is 23.7. The quantitative estimate of drug-likeness (QED) is 0.252. The second-order valence-electron chi connectivity index (χ2n) is 9.19. The number of carbonyl (C=O) groups excluding carboxylic acids is 1. The number of ether oxygens (including phenoxy) is 1. The van der Waals surface area contributed by atoms with Crippen LogP contribution in [0, 0.1) is 0 Å². The second-order valence-corrected chi connectivity index (χ2v) is 11.9. The monoisotopic (exact) mass is 579 g/mol. The van der Waals surface area contributed by atoms with Crippen molar-refractivity contribution < 1.29 is 17.9 Å². The number of amides is 1. The average molecular weight is 581 g/mol. The largest absolute Gasteiger partial charge is 0.444 e. The Kier molecular flexibility index (Phi) is 10.1. The molecule has 1 aromatic heterocycles. The summed E-state index contributed by atoms with van der Waals surface area (Å²) >= 11 is 11.9. The fourth-order valence-corrected chi connectivity index (χ4v) is 5.09. The molecule has 0 aliphatic carbocycles. The maximum absolute atomic E-state index is 13.7. The number of anilines is 3. The van der Waals surface area contributed by atoms with E-state index in [1.807, 2.05) is 12.1 Å². The van der Waals surface area contributed by atoms with E-state index in [0.717, 1.165) is 5.69 Å². The van der Waals surface area contributed by atoms with Crippen LogP contribution in [0.25, 0.3) is 0 Å². The van der Waals surface area contributed by atoms with Crippen LogP contribution in [-0.4, -0.2) is 51.3 Å². The van der Waals surface area contributed by atoms with Crippen molar-refractivity contribution in [2.75, 3.05) is 41.1 Å². The van der Waals surface area contributed by atoms with E-state index in [1.165, 1.54) is 28.6 Å². The van der Waals surface area contributed by atoms with Crippen molar-refractivity contribution in [3.05, 3.63) is 76.9 Å². The number of halogens is 2. The summed E-state index contributed by atoms with van der Waals surface area (Å²) in [6.07, 6.45) is 0.934. The molecule has 0 atom stereocenters. The van der Waals surface area contributed by atoms with Gasteiger partial charge in [-0.2, -0.15) is 0 Å². The number of aromatic nitrogens is 1. The third-order valence-corrected chi connectivity index (χ3v) is 7.36. The summed E-state index contributed by atoms with van der Waals surface area (Å²) in [4.78, 5) is 16.6. The first-order chi connectivity index (χ1) is 18.0. The highest BCUT2D eigenvalue weighted by atomic mass is 35.5. The van der Waals surface area contributed by atoms with Crippen LogP contribution in [0.3, 0.4) is 0 Å². The van der Waals surface area contributed by atoms with E-state index in [4.69, 9.17) is 27.9 Å². The molecule has 2 aromatic carbocycles. The maximum Gasteiger partial charge on any atom is 0.407 e. The number of benzene rings is 2. The first kappa shape index (κ1) is 29.3. The van der Waals surface area contributed by atoms with Crippen molar-refractivity contribution in [3.63, 3.8) is 0 Å². The molecule has 1 amide bonds. The Morgan fingerprint density at radius 1 is 0.921 bits per heavy atom. The second kappa shape index (κ2) is 13.0. The third kappa shape index (κ3) is 8.68. The Morgan fingerprint density at radius 2 is 1.53 bits per heavy atom. The highest BCUT2D eigenvalue weighted by Crippen LogP contribution is 2.29. The molecule has 3 rings (SSSR count). The summed E-state index contributed by atoms with van der Waals surface area (Å²) in [5, 5.41) is 10.1. The highest BCUT2D eigenvalue weighted by Gasteiger charge is 2.27. The zero-order valence-electron chi connectivity index (χ0n) is 21.4. The molecular formula is C26H31Cl2N5O4S. The lowest BCUT2D eigenvalue weighted by Crippen LogP contribution is -2.40. The molecule has 3 N–H and O–H groups in total. The van der Waals surface area contributed by atoms with Crippen LogP contribution in [0.4, 0.5) is 22.0 Å². The van der Waals surface area contributed by atoms with E-state index < -0.39 is 21.7 Å². The molecule has 0 aliphatic rings. The number of carbonyl (C=O) groups is 1. The van der Waals surface area contributed by atoms with Gasteiger partial charge in [0.25, 0.3) is 10.0 Å². The van der Waals surface area contributed by atoms with Gasteiger partial charge < -0.3 is 20.7 Å². The van der Waals surface area contributed by atoms with E-state index in [2.05, 4.69) is 20.9 Å². The van der Waals surface area contributed by atoms with Gasteiger partial charge in [0, 0.05) is 41.6 Å². The fourth-order valence-electron chi connectivity index (χ4n) is 3.37. The normalized spacial score (nSPS) is 11.5. The Labute approximate surface area is 233 Å². The number of sulfonamides is 1. The molecule has 0 fully saturated rings. The molecule has 204 valence electrons. The van der Waals surface area contributed by atoms with Crippen molar-refractivity contribution in [1.29, 1.82) is 0 Å². The first-order valence-electron chi connectivity index (χ1n) is 11.9. The minimum Gasteiger partial charge on any atom is -0.444 e. The Morgan fingerprint density at radius 3 is 2.16 bits per heavy atom. The van der Waals surface area contributed by atoms with Gasteiger partial charge in [0.1, 0.15) is 5.60 Å². The smallest absolute Gasteiger partial charge is 0.407 e. The number of alkyl carbamates (subject to hydrolysis) is 1. The predicted octanol–water partition coefficient (Wildman–Crippen LogP) is 5.63. The van der Waals surface area contributed by atoms with Gasteiger partial charge in [-0.25, -0.2) is 18.2 Å². The molecule has 0 aliphatic heterocycles. The van der Waals surface area contributed by atoms with Gasteiger partial charge in [-0.15, -0.1) is 0 Å². The summed E-state index contributed by atoms with van der Waals surface area (Å²) in [7, 11) is -4.03. The summed E-state index contributed by atoms with van der Waals surface area (Å²) in [5.41, 5.74) is 0.553. The van der Waals surface area contributed by atoms with Gasteiger partial charge in [0.05, 0.1) is 17.1 Å². The van der Waals surface area contributed by atoms with Gasteiger partial charge >= 0.3 is 6.09 Å². The molecule has 0 saturated heterocycles. The van der Waals surface area contributed by atoms with Crippen LogP contribution in [0.5, 0.6) is 0 Å². The van der Waals surface area contributed by atoms with Gasteiger partial charge in [-0.1, -0.05) is 23.2 Å². The lowest BCUT2D eigenvalue weighted by molar-refractivity contribution is 0.0529. The molecule has 0 bridgehead atoms. The summed E-state index contributed by atoms with van der Waals surface area (Å²) in [5.74, 6) is 0.375. The van der Waals surface area contributed by atoms with Crippen molar-refractivity contribution >= 4 is 56.5 Å². The highest BCUT2D eigenvalue weighted by molar-refractivity contribution is 7.92. The third-order valence-electron chi connectivity index (χ3n) is 5.03. The first-order valence-corrected chi connectivity index (χ1v) is 14.1. The lowest BCUT2D eigenvalue weighted by atomic mass is 10.2. The molecular weight excluding hydrogens is 549 g/mol. The van der Waals surface area contributed by atoms with Crippen LogP contribution in [0.1, 0.15) is 20.8 Å². The lowest BCUT2D eigenvalue weighted by Gasteiger charge is -2.27. The van der Waals surface area contributed by atoms with Crippen molar-refractivity contribution in [2.24, 2.45) is 0 Å². The molecule has 0 saturated carbocycles. The molecule has 38 heavy (non-hydrogen) atoms. The van der Waals surface area contributed by atoms with Crippen LogP contribution in [-0.2, 0) is 14.8 Å². The topological polar surface area (TPSA) is 113 Å². The Hall–Kier alpha value is -3.21. The maximum atomic E-state index is 13.7. The molecule has 0 radical (unpaired) electrons. The van der Waals surface area contributed by atoms with Crippen LogP contribution in [0.15, 0.2) is 71.8 Å². The van der Waals surface area contributed by atoms with Gasteiger partial charge in [0.15, 0.2) is 5.82 Å². The average Bonchev–Trinajstić information content (AvgIpc) is 2.85. The number of pyridine rings is 1. The molecule has 0 spiro atoms. The van der Waals surface area contributed by atoms with Gasteiger partial charge in [0.2, 0.25) is 0 Å². The Bertz CT molecular complexity index is 1310. The standard InChI is InChI=1S/C26H31Cl2N5O4S/c1-26(2,3)37-25(34)32-17-18-33(38(35,36)22-12-8-20(28)9-13-22)23-5-4-14-30-24(23)31-16-15-29-21-10-6-19(27)7-11-21/h4-14,29H,15-18H2,1-3H3,(H,30,31)(H,32,34). The molecule has 0 unspecified atom stereocenters. The summed E-state index contributed by atoms with van der Waals surface area (Å²) < 4.78 is 33.9. The number of hydrogen-bond donors (Lipinski definition) is 3. The van der Waals surface area contributed by atoms with Crippen molar-refractivity contribution in [2.45, 2.75) is 31.3 Å². The van der Waals surface area contributed by atoms with Crippen LogP contribution >= 0.6 is 23.2 Å². The van der Waals surface area contributed by atoms with Gasteiger partial charge in [-0.3, -0.25) is 4.31 Å². The van der Waals surface area contributed by atoms with Crippen LogP contribution < -0.4 is 20.3 Å². The Balaban J connectivity index is 1.79. The minimum atomic E-state index is -4.03. The number of hydrogen-bond acceptors (Lipinski definition) is 7. The molecule has 9 nitrogen and oxygen atoms in total. The van der Waals surface area contributed by atoms with E-state index in [-0.39, 0.29) is 18.0 Å². The van der Waals surface area contributed by atoms with E-state index >= 15 is 0 Å². The van der Waals surface area contributed by atoms with Crippen molar-refractivity contribution in [1.82, 2.24) is 10.3 Å². The summed E-state index contributed by atoms with van der Waals surface area (Å²) in [6.45, 7) is 6.19. The zero-order chi connectivity index (χ0) is 27.8. The van der Waals surface area contributed by atoms with Crippen LogP contribution in [0.2, 0.25) is 10.0 Å². The predicted molar refractivity (Wildman–Crippen MR) is 153 cm³/mol. The fraction of sp³-hybridized carbons (Fsp3) is 0.308. The van der Waals surface area contributed by atoms with E-state index in [0.29, 0.717) is 34.6 Å². The molecule has 1 heterocycles. The van der Waals surface area contributed by atoms with Crippen molar-refractivity contribution in [3.8, 4) is 0 Å². The number of nitrogens with one attached hydrogen (secondary N) is 3. The van der Waals surface area contributed by atoms with Gasteiger partial charge in [-0.05, 0) is 81.4 Å². The number of rotatable bonds is 11. The molecule has 3 aromatic rings. The molecule has 12 heteroatoms.